The molecule has 0 radical (unpaired) electrons. The van der Waals surface area contributed by atoms with E-state index in [9.17, 15) is 9.59 Å². The zero-order chi connectivity index (χ0) is 19.4. The molecule has 0 amide bonds. The van der Waals surface area contributed by atoms with Crippen LogP contribution < -0.4 is 4.74 Å². The van der Waals surface area contributed by atoms with Gasteiger partial charge >= 0.3 is 11.9 Å². The van der Waals surface area contributed by atoms with Crippen LogP contribution in [0.1, 0.15) is 37.7 Å². The maximum absolute atomic E-state index is 12.6. The Balaban J connectivity index is 1.54. The minimum Gasteiger partial charge on any atom is -0.488 e. The molecule has 4 rings (SSSR count). The van der Waals surface area contributed by atoms with Gasteiger partial charge in [-0.15, -0.1) is 0 Å². The van der Waals surface area contributed by atoms with Crippen LogP contribution in [0.3, 0.4) is 0 Å². The quantitative estimate of drug-likeness (QED) is 0.470. The van der Waals surface area contributed by atoms with E-state index in [0.29, 0.717) is 25.2 Å². The lowest BCUT2D eigenvalue weighted by Crippen LogP contribution is -2.50. The van der Waals surface area contributed by atoms with Crippen molar-refractivity contribution in [2.45, 2.75) is 44.5 Å². The van der Waals surface area contributed by atoms with Crippen LogP contribution in [0.15, 0.2) is 54.6 Å². The van der Waals surface area contributed by atoms with Gasteiger partial charge in [0.15, 0.2) is 3.51 Å². The molecule has 0 aromatic heterocycles. The summed E-state index contributed by atoms with van der Waals surface area (Å²) in [5.41, 5.74) is 1.05. The number of halogens is 1. The molecule has 2 aliphatic rings. The number of carbonyl (C=O) groups excluding carboxylic acids is 2. The second-order valence-electron chi connectivity index (χ2n) is 6.86. The number of benzene rings is 2. The zero-order valence-corrected chi connectivity index (χ0v) is 17.5. The third kappa shape index (κ3) is 4.27. The van der Waals surface area contributed by atoms with Crippen LogP contribution in [0, 0.1) is 3.57 Å². The van der Waals surface area contributed by atoms with Crippen LogP contribution in [0.2, 0.25) is 0 Å². The summed E-state index contributed by atoms with van der Waals surface area (Å²) < 4.78 is 18.2. The number of rotatable bonds is 4. The minimum absolute atomic E-state index is 0.130. The molecule has 1 saturated heterocycles. The van der Waals surface area contributed by atoms with Gasteiger partial charge in [0.25, 0.3) is 5.79 Å². The van der Waals surface area contributed by atoms with Gasteiger partial charge in [-0.05, 0) is 30.5 Å². The molecular formula is C22H21IO5. The fourth-order valence-corrected chi connectivity index (χ4v) is 5.61. The van der Waals surface area contributed by atoms with E-state index in [1.807, 2.05) is 54.6 Å². The van der Waals surface area contributed by atoms with E-state index in [1.54, 1.807) is 0 Å². The van der Waals surface area contributed by atoms with Gasteiger partial charge in [0, 0.05) is 12.8 Å². The lowest BCUT2D eigenvalue weighted by Gasteiger charge is -2.38. The van der Waals surface area contributed by atoms with Crippen molar-refractivity contribution >= 4 is 36.2 Å². The first-order valence-electron chi connectivity index (χ1n) is 9.39. The first-order chi connectivity index (χ1) is 13.7. The minimum atomic E-state index is -1.08. The molecule has 6 heteroatoms. The van der Waals surface area contributed by atoms with Crippen molar-refractivity contribution in [3.8, 4) is 5.75 Å². The van der Waals surface area contributed by atoms with E-state index in [4.69, 9.17) is 14.2 Å². The van der Waals surface area contributed by atoms with Crippen molar-refractivity contribution in [1.82, 2.24) is 0 Å². The monoisotopic (exact) mass is 492 g/mol. The largest absolute Gasteiger partial charge is 0.488 e. The lowest BCUT2D eigenvalue weighted by molar-refractivity contribution is -0.236. The van der Waals surface area contributed by atoms with E-state index >= 15 is 0 Å². The van der Waals surface area contributed by atoms with Crippen LogP contribution in [-0.4, -0.2) is 21.2 Å². The molecule has 1 aliphatic heterocycles. The number of carbonyl (C=O) groups is 2. The predicted molar refractivity (Wildman–Crippen MR) is 113 cm³/mol. The SMILES string of the molecule is O=C1OC2(CCCCC2)OC(=O)C1=Ic1ccccc1OCc1ccccc1. The molecule has 146 valence electrons. The summed E-state index contributed by atoms with van der Waals surface area (Å²) in [5, 5.41) is 0. The topological polar surface area (TPSA) is 61.8 Å². The number of hydrogen-bond acceptors (Lipinski definition) is 5. The van der Waals surface area contributed by atoms with Crippen LogP contribution in [0.25, 0.3) is 0 Å². The van der Waals surface area contributed by atoms with Gasteiger partial charge in [0.2, 0.25) is 0 Å². The Hall–Kier alpha value is -2.22. The van der Waals surface area contributed by atoms with Gasteiger partial charge in [0.1, 0.15) is 12.4 Å². The summed E-state index contributed by atoms with van der Waals surface area (Å²) in [6, 6.07) is 17.4. The predicted octanol–water partition coefficient (Wildman–Crippen LogP) is 4.34. The Bertz CT molecular complexity index is 878. The lowest BCUT2D eigenvalue weighted by atomic mass is 9.93. The highest BCUT2D eigenvalue weighted by atomic mass is 127. The smallest absolute Gasteiger partial charge is 0.354 e. The summed E-state index contributed by atoms with van der Waals surface area (Å²) in [7, 11) is 0. The second-order valence-corrected chi connectivity index (χ2v) is 9.64. The van der Waals surface area contributed by atoms with Crippen molar-refractivity contribution in [3.05, 3.63) is 63.7 Å². The molecule has 0 bridgehead atoms. The molecule has 28 heavy (non-hydrogen) atoms. The van der Waals surface area contributed by atoms with Crippen molar-refractivity contribution in [1.29, 1.82) is 0 Å². The van der Waals surface area contributed by atoms with Gasteiger partial charge in [-0.25, -0.2) is 9.59 Å². The molecule has 0 N–H and O–H groups in total. The van der Waals surface area contributed by atoms with Crippen LogP contribution in [-0.2, 0) is 25.7 Å². The Labute approximate surface area is 173 Å². The molecule has 1 spiro atoms. The van der Waals surface area contributed by atoms with Gasteiger partial charge < -0.3 is 14.2 Å². The van der Waals surface area contributed by atoms with Gasteiger partial charge in [-0.2, -0.15) is 0 Å². The Morgan fingerprint density at radius 1 is 0.857 bits per heavy atom. The number of ether oxygens (including phenoxy) is 3. The molecule has 0 atom stereocenters. The van der Waals surface area contributed by atoms with Crippen molar-refractivity contribution in [2.24, 2.45) is 0 Å². The Morgan fingerprint density at radius 2 is 1.50 bits per heavy atom. The first kappa shape index (κ1) is 19.1. The van der Waals surface area contributed by atoms with Crippen molar-refractivity contribution < 1.29 is 23.8 Å². The molecule has 0 unspecified atom stereocenters. The third-order valence-corrected chi connectivity index (χ3v) is 7.69. The van der Waals surface area contributed by atoms with Crippen molar-refractivity contribution in [2.75, 3.05) is 0 Å². The molecule has 5 nitrogen and oxygen atoms in total. The summed E-state index contributed by atoms with van der Waals surface area (Å²) in [6.45, 7) is 0.426. The highest BCUT2D eigenvalue weighted by molar-refractivity contribution is 14.2. The second kappa shape index (κ2) is 8.43. The average molecular weight is 492 g/mol. The molecular weight excluding hydrogens is 471 g/mol. The molecule has 1 heterocycles. The summed E-state index contributed by atoms with van der Waals surface area (Å²) >= 11 is -1.08. The number of hydrogen-bond donors (Lipinski definition) is 0. The van der Waals surface area contributed by atoms with E-state index in [-0.39, 0.29) is 3.51 Å². The third-order valence-electron chi connectivity index (χ3n) is 4.80. The Kier molecular flexibility index (Phi) is 5.75. The summed E-state index contributed by atoms with van der Waals surface area (Å²) in [5.74, 6) is -1.40. The molecule has 2 aromatic rings. The van der Waals surface area contributed by atoms with Crippen LogP contribution in [0.4, 0.5) is 0 Å². The van der Waals surface area contributed by atoms with Crippen LogP contribution >= 0.6 is 20.7 Å². The van der Waals surface area contributed by atoms with E-state index in [0.717, 1.165) is 28.4 Å². The van der Waals surface area contributed by atoms with Crippen molar-refractivity contribution in [3.63, 3.8) is 0 Å². The van der Waals surface area contributed by atoms with E-state index < -0.39 is 38.5 Å². The molecule has 1 aliphatic carbocycles. The van der Waals surface area contributed by atoms with Crippen LogP contribution in [0.5, 0.6) is 5.75 Å². The van der Waals surface area contributed by atoms with Gasteiger partial charge in [-0.1, -0.05) is 69.6 Å². The fourth-order valence-electron chi connectivity index (χ4n) is 3.38. The van der Waals surface area contributed by atoms with Gasteiger partial charge in [-0.3, -0.25) is 0 Å². The highest BCUT2D eigenvalue weighted by Crippen LogP contribution is 2.37. The van der Waals surface area contributed by atoms with E-state index in [2.05, 4.69) is 0 Å². The maximum Gasteiger partial charge on any atom is 0.354 e. The summed E-state index contributed by atoms with van der Waals surface area (Å²) in [4.78, 5) is 25.2. The normalized spacial score (nSPS) is 18.5. The summed E-state index contributed by atoms with van der Waals surface area (Å²) in [6.07, 6.45) is 4.06. The standard InChI is InChI=1S/C22H21IO5/c24-20-19(21(25)28-22(27-20)13-7-2-8-14-22)23-17-11-5-6-12-18(17)26-15-16-9-3-1-4-10-16/h1,3-6,9-12H,2,7-8,13-15H2. The molecule has 2 fully saturated rings. The highest BCUT2D eigenvalue weighted by Gasteiger charge is 2.47. The molecule has 2 aromatic carbocycles. The fraction of sp³-hybridized carbons (Fsp3) is 0.318. The number of para-hydroxylation sites is 1. The number of esters is 2. The Morgan fingerprint density at radius 3 is 2.21 bits per heavy atom. The zero-order valence-electron chi connectivity index (χ0n) is 15.4. The van der Waals surface area contributed by atoms with E-state index in [1.165, 1.54) is 0 Å². The first-order valence-corrected chi connectivity index (χ1v) is 11.6. The average Bonchev–Trinajstić information content (AvgIpc) is 2.71. The van der Waals surface area contributed by atoms with Gasteiger partial charge in [0.05, 0.1) is 3.57 Å². The maximum atomic E-state index is 12.6. The molecule has 1 saturated carbocycles.